The number of hydrogen-bond acceptors (Lipinski definition) is 2. The largest absolute Gasteiger partial charge is 0.368 e. The van der Waals surface area contributed by atoms with Gasteiger partial charge >= 0.3 is 0 Å². The van der Waals surface area contributed by atoms with Crippen LogP contribution < -0.4 is 10.2 Å². The molecule has 1 saturated carbocycles. The van der Waals surface area contributed by atoms with Crippen LogP contribution >= 0.6 is 0 Å². The van der Waals surface area contributed by atoms with E-state index in [1.165, 1.54) is 57.3 Å². The van der Waals surface area contributed by atoms with Crippen LogP contribution in [0.15, 0.2) is 24.3 Å². The fourth-order valence-corrected chi connectivity index (χ4v) is 4.25. The number of fused-ring (bicyclic) bond motifs is 1. The third-order valence-corrected chi connectivity index (χ3v) is 5.39. The molecular weight excluding hydrogens is 244 g/mol. The Bertz CT molecular complexity index is 448. The van der Waals surface area contributed by atoms with E-state index in [0.717, 1.165) is 0 Å². The predicted octanol–water partition coefficient (Wildman–Crippen LogP) is 3.61. The van der Waals surface area contributed by atoms with Gasteiger partial charge in [0.25, 0.3) is 0 Å². The number of anilines is 1. The molecule has 1 aromatic carbocycles. The number of hydrogen-bond donors (Lipinski definition) is 1. The Morgan fingerprint density at radius 3 is 2.75 bits per heavy atom. The van der Waals surface area contributed by atoms with Gasteiger partial charge in [0.05, 0.1) is 0 Å². The van der Waals surface area contributed by atoms with Crippen molar-refractivity contribution in [3.05, 3.63) is 29.8 Å². The van der Waals surface area contributed by atoms with Crippen LogP contribution in [0, 0.1) is 5.41 Å². The molecule has 0 bridgehead atoms. The van der Waals surface area contributed by atoms with Gasteiger partial charge in [0.15, 0.2) is 0 Å². The van der Waals surface area contributed by atoms with Crippen LogP contribution in [0.3, 0.4) is 0 Å². The van der Waals surface area contributed by atoms with E-state index in [4.69, 9.17) is 0 Å². The monoisotopic (exact) mass is 272 g/mol. The summed E-state index contributed by atoms with van der Waals surface area (Å²) < 4.78 is 0. The maximum absolute atomic E-state index is 3.45. The number of nitrogens with one attached hydrogen (secondary N) is 1. The minimum absolute atomic E-state index is 0.494. The lowest BCUT2D eigenvalue weighted by atomic mass is 9.83. The molecule has 2 aliphatic rings. The lowest BCUT2D eigenvalue weighted by Crippen LogP contribution is -2.47. The van der Waals surface area contributed by atoms with Gasteiger partial charge in [0.1, 0.15) is 0 Å². The highest BCUT2D eigenvalue weighted by atomic mass is 15.2. The number of para-hydroxylation sites is 1. The summed E-state index contributed by atoms with van der Waals surface area (Å²) in [6, 6.07) is 9.70. The van der Waals surface area contributed by atoms with E-state index in [2.05, 4.69) is 48.5 Å². The third kappa shape index (κ3) is 2.58. The fourth-order valence-electron chi connectivity index (χ4n) is 4.25. The summed E-state index contributed by atoms with van der Waals surface area (Å²) in [6.07, 6.45) is 8.13. The summed E-state index contributed by atoms with van der Waals surface area (Å²) >= 11 is 0. The molecule has 0 aromatic heterocycles. The first-order chi connectivity index (χ1) is 9.74. The van der Waals surface area contributed by atoms with Crippen LogP contribution in [0.5, 0.6) is 0 Å². The maximum atomic E-state index is 3.45. The van der Waals surface area contributed by atoms with Crippen molar-refractivity contribution in [3.8, 4) is 0 Å². The molecule has 0 spiro atoms. The lowest BCUT2D eigenvalue weighted by Gasteiger charge is -2.43. The topological polar surface area (TPSA) is 15.3 Å². The molecule has 1 fully saturated rings. The Balaban J connectivity index is 1.85. The third-order valence-electron chi connectivity index (χ3n) is 5.39. The number of nitrogens with zero attached hydrogens (tertiary/aromatic N) is 1. The van der Waals surface area contributed by atoms with E-state index in [9.17, 15) is 0 Å². The molecule has 0 amide bonds. The van der Waals surface area contributed by atoms with E-state index < -0.39 is 0 Å². The van der Waals surface area contributed by atoms with Gasteiger partial charge in [-0.1, -0.05) is 31.0 Å². The molecular formula is C18H28N2. The van der Waals surface area contributed by atoms with Gasteiger partial charge in [-0.05, 0) is 51.3 Å². The van der Waals surface area contributed by atoms with Crippen molar-refractivity contribution in [1.29, 1.82) is 0 Å². The van der Waals surface area contributed by atoms with E-state index >= 15 is 0 Å². The Morgan fingerprint density at radius 2 is 2.00 bits per heavy atom. The summed E-state index contributed by atoms with van der Waals surface area (Å²) in [5.41, 5.74) is 3.53. The highest BCUT2D eigenvalue weighted by molar-refractivity contribution is 5.56. The number of benzene rings is 1. The van der Waals surface area contributed by atoms with Crippen LogP contribution in [-0.2, 0) is 6.42 Å². The highest BCUT2D eigenvalue weighted by Crippen LogP contribution is 2.41. The molecule has 1 unspecified atom stereocenters. The van der Waals surface area contributed by atoms with E-state index in [1.54, 1.807) is 5.56 Å². The zero-order valence-electron chi connectivity index (χ0n) is 13.0. The molecule has 0 saturated heterocycles. The Morgan fingerprint density at radius 1 is 1.25 bits per heavy atom. The van der Waals surface area contributed by atoms with Gasteiger partial charge in [-0.25, -0.2) is 0 Å². The van der Waals surface area contributed by atoms with Crippen molar-refractivity contribution in [1.82, 2.24) is 5.32 Å². The molecule has 1 heterocycles. The SMILES string of the molecule is CNCC1(CN2c3ccccc3CCC2C)CCCC1. The molecule has 1 aliphatic carbocycles. The first-order valence-electron chi connectivity index (χ1n) is 8.23. The predicted molar refractivity (Wildman–Crippen MR) is 86.4 cm³/mol. The summed E-state index contributed by atoms with van der Waals surface area (Å²) in [5.74, 6) is 0. The van der Waals surface area contributed by atoms with Gasteiger partial charge in [-0.3, -0.25) is 0 Å². The van der Waals surface area contributed by atoms with E-state index in [1.807, 2.05) is 0 Å². The minimum atomic E-state index is 0.494. The smallest absolute Gasteiger partial charge is 0.0401 e. The molecule has 1 N–H and O–H groups in total. The van der Waals surface area contributed by atoms with Gasteiger partial charge in [-0.2, -0.15) is 0 Å². The molecule has 2 nitrogen and oxygen atoms in total. The second kappa shape index (κ2) is 5.77. The van der Waals surface area contributed by atoms with Crippen LogP contribution in [0.4, 0.5) is 5.69 Å². The molecule has 1 aromatic rings. The van der Waals surface area contributed by atoms with Gasteiger partial charge in [-0.15, -0.1) is 0 Å². The number of rotatable bonds is 4. The lowest BCUT2D eigenvalue weighted by molar-refractivity contribution is 0.280. The van der Waals surface area contributed by atoms with Crippen molar-refractivity contribution < 1.29 is 0 Å². The average Bonchev–Trinajstić information content (AvgIpc) is 2.91. The molecule has 3 rings (SSSR count). The second-order valence-electron chi connectivity index (χ2n) is 6.88. The standard InChI is InChI=1S/C18H28N2/c1-15-9-10-16-7-3-4-8-17(16)20(15)14-18(13-19-2)11-5-6-12-18/h3-4,7-8,15,19H,5-6,9-14H2,1-2H3. The first-order valence-corrected chi connectivity index (χ1v) is 8.23. The molecule has 1 aliphatic heterocycles. The summed E-state index contributed by atoms with van der Waals surface area (Å²) in [7, 11) is 2.10. The normalized spacial score (nSPS) is 24.7. The molecule has 110 valence electrons. The Kier molecular flexibility index (Phi) is 4.02. The van der Waals surface area contributed by atoms with Crippen LogP contribution in [0.25, 0.3) is 0 Å². The molecule has 2 heteroatoms. The van der Waals surface area contributed by atoms with E-state index in [0.29, 0.717) is 11.5 Å². The molecule has 0 radical (unpaired) electrons. The van der Waals surface area contributed by atoms with E-state index in [-0.39, 0.29) is 0 Å². The first kappa shape index (κ1) is 13.9. The van der Waals surface area contributed by atoms with Gasteiger partial charge < -0.3 is 10.2 Å². The summed E-state index contributed by atoms with van der Waals surface area (Å²) in [6.45, 7) is 4.79. The fraction of sp³-hybridized carbons (Fsp3) is 0.667. The van der Waals surface area contributed by atoms with Crippen LogP contribution in [0.1, 0.15) is 44.6 Å². The Labute approximate surface area is 123 Å². The summed E-state index contributed by atoms with van der Waals surface area (Å²) in [5, 5.41) is 3.45. The zero-order chi connectivity index (χ0) is 14.0. The van der Waals surface area contributed by atoms with Gasteiger partial charge in [0, 0.05) is 30.2 Å². The number of aryl methyl sites for hydroxylation is 1. The van der Waals surface area contributed by atoms with Crippen molar-refractivity contribution in [2.24, 2.45) is 5.41 Å². The maximum Gasteiger partial charge on any atom is 0.0401 e. The van der Waals surface area contributed by atoms with Gasteiger partial charge in [0.2, 0.25) is 0 Å². The quantitative estimate of drug-likeness (QED) is 0.901. The minimum Gasteiger partial charge on any atom is -0.368 e. The Hall–Kier alpha value is -1.02. The summed E-state index contributed by atoms with van der Waals surface area (Å²) in [4.78, 5) is 2.70. The van der Waals surface area contributed by atoms with Crippen molar-refractivity contribution >= 4 is 5.69 Å². The second-order valence-corrected chi connectivity index (χ2v) is 6.88. The van der Waals surface area contributed by atoms with Crippen LogP contribution in [-0.4, -0.2) is 26.2 Å². The average molecular weight is 272 g/mol. The van der Waals surface area contributed by atoms with Crippen molar-refractivity contribution in [2.45, 2.75) is 51.5 Å². The van der Waals surface area contributed by atoms with Crippen molar-refractivity contribution in [3.63, 3.8) is 0 Å². The molecule has 20 heavy (non-hydrogen) atoms. The zero-order valence-corrected chi connectivity index (χ0v) is 13.0. The van der Waals surface area contributed by atoms with Crippen molar-refractivity contribution in [2.75, 3.05) is 25.0 Å². The van der Waals surface area contributed by atoms with Crippen LogP contribution in [0.2, 0.25) is 0 Å². The highest BCUT2D eigenvalue weighted by Gasteiger charge is 2.37. The molecule has 1 atom stereocenters.